The Morgan fingerprint density at radius 1 is 0.804 bits per heavy atom. The van der Waals surface area contributed by atoms with Crippen LogP contribution in [0, 0.1) is 17.0 Å². The van der Waals surface area contributed by atoms with Crippen LogP contribution < -0.4 is 24.8 Å². The molecule has 0 spiro atoms. The quantitative estimate of drug-likeness (QED) is 0.0792. The Hall–Kier alpha value is -5.30. The normalized spacial score (nSPS) is 12.8. The van der Waals surface area contributed by atoms with Crippen molar-refractivity contribution in [2.45, 2.75) is 53.4 Å². The number of anilines is 2. The predicted octanol–water partition coefficient (Wildman–Crippen LogP) is 7.65. The zero-order valence-electron chi connectivity index (χ0n) is 29.3. The van der Waals surface area contributed by atoms with Crippen molar-refractivity contribution in [2.24, 2.45) is 5.41 Å². The Balaban J connectivity index is 0.000000755. The van der Waals surface area contributed by atoms with Gasteiger partial charge in [-0.25, -0.2) is 8.78 Å². The summed E-state index contributed by atoms with van der Waals surface area (Å²) >= 11 is 0. The molecular formula is C38H44F2N4O7. The van der Waals surface area contributed by atoms with Crippen molar-refractivity contribution in [3.8, 4) is 23.0 Å². The number of benzene rings is 3. The van der Waals surface area contributed by atoms with Crippen molar-refractivity contribution in [1.29, 1.82) is 0 Å². The van der Waals surface area contributed by atoms with Gasteiger partial charge in [-0.2, -0.15) is 0 Å². The molecule has 1 aliphatic rings. The fourth-order valence-corrected chi connectivity index (χ4v) is 5.17. The number of rotatable bonds is 16. The van der Waals surface area contributed by atoms with Gasteiger partial charge in [0.1, 0.15) is 17.0 Å². The predicted molar refractivity (Wildman–Crippen MR) is 191 cm³/mol. The SMILES string of the molecule is CCN(CC)CC.CCOc1cc2c(Oc3ccc(NC(=O)C4(C(=O)Nc5ccc(F)cc5)CC4)cc3F)ccnc2cc1OCCCC(=O)O. The summed E-state index contributed by atoms with van der Waals surface area (Å²) in [4.78, 5) is 43.3. The van der Waals surface area contributed by atoms with E-state index in [1.165, 1.54) is 62.2 Å². The standard InChI is InChI=1S/C32H29F2N3O7.C6H15N/c1-2-42-27-17-22-24(18-28(27)43-15-3-4-29(38)39)35-14-11-25(22)44-26-10-9-21(16-23(26)34)37-31(41)32(12-13-32)30(40)36-20-7-5-19(33)6-8-20;1-4-7(5-2)6-3/h5-11,14,16-18H,2-4,12-13,15H2,1H3,(H,36,40)(H,37,41)(H,38,39);4-6H2,1-3H3. The molecule has 1 heterocycles. The number of carbonyl (C=O) groups is 3. The van der Waals surface area contributed by atoms with E-state index in [-0.39, 0.29) is 24.5 Å². The van der Waals surface area contributed by atoms with Crippen molar-refractivity contribution >= 4 is 40.1 Å². The first-order chi connectivity index (χ1) is 24.5. The van der Waals surface area contributed by atoms with Gasteiger partial charge in [0.15, 0.2) is 23.1 Å². The molecule has 1 aliphatic carbocycles. The van der Waals surface area contributed by atoms with Gasteiger partial charge >= 0.3 is 5.97 Å². The van der Waals surface area contributed by atoms with Gasteiger partial charge in [-0.3, -0.25) is 19.4 Å². The molecule has 11 nitrogen and oxygen atoms in total. The molecule has 4 aromatic rings. The summed E-state index contributed by atoms with van der Waals surface area (Å²) in [6.45, 7) is 12.4. The molecule has 13 heteroatoms. The third-order valence-corrected chi connectivity index (χ3v) is 8.33. The number of halogens is 2. The number of aliphatic carboxylic acids is 1. The van der Waals surface area contributed by atoms with Crippen LogP contribution in [0.15, 0.2) is 66.9 Å². The highest BCUT2D eigenvalue weighted by Gasteiger charge is 2.56. The number of hydrogen-bond donors (Lipinski definition) is 3. The third kappa shape index (κ3) is 10.4. The first-order valence-corrected chi connectivity index (χ1v) is 17.0. The Bertz CT molecular complexity index is 1810. The van der Waals surface area contributed by atoms with Gasteiger partial charge in [0.2, 0.25) is 11.8 Å². The molecule has 0 saturated heterocycles. The van der Waals surface area contributed by atoms with Gasteiger partial charge in [-0.1, -0.05) is 20.8 Å². The van der Waals surface area contributed by atoms with Crippen molar-refractivity contribution in [3.05, 3.63) is 78.5 Å². The summed E-state index contributed by atoms with van der Waals surface area (Å²) in [5.41, 5.74) is -0.312. The summed E-state index contributed by atoms with van der Waals surface area (Å²) in [5.74, 6) is -2.26. The van der Waals surface area contributed by atoms with Crippen LogP contribution in [0.4, 0.5) is 20.2 Å². The molecule has 1 saturated carbocycles. The maximum atomic E-state index is 15.2. The van der Waals surface area contributed by atoms with Crippen LogP contribution >= 0.6 is 0 Å². The second-order valence-electron chi connectivity index (χ2n) is 11.8. The van der Waals surface area contributed by atoms with Crippen molar-refractivity contribution in [1.82, 2.24) is 9.88 Å². The van der Waals surface area contributed by atoms with E-state index < -0.39 is 34.8 Å². The summed E-state index contributed by atoms with van der Waals surface area (Å²) in [5, 5.41) is 14.6. The molecule has 1 aromatic heterocycles. The maximum absolute atomic E-state index is 15.2. The Labute approximate surface area is 295 Å². The zero-order valence-corrected chi connectivity index (χ0v) is 29.3. The molecular weight excluding hydrogens is 662 g/mol. The number of carboxylic acids is 1. The lowest BCUT2D eigenvalue weighted by molar-refractivity contribution is -0.137. The molecule has 0 unspecified atom stereocenters. The average Bonchev–Trinajstić information content (AvgIpc) is 3.93. The highest BCUT2D eigenvalue weighted by molar-refractivity contribution is 6.16. The van der Waals surface area contributed by atoms with Crippen LogP contribution in [0.1, 0.15) is 53.4 Å². The lowest BCUT2D eigenvalue weighted by Crippen LogP contribution is -2.35. The number of nitrogens with zero attached hydrogens (tertiary/aromatic N) is 2. The molecule has 272 valence electrons. The van der Waals surface area contributed by atoms with Crippen LogP contribution in [0.2, 0.25) is 0 Å². The lowest BCUT2D eigenvalue weighted by Gasteiger charge is -2.16. The summed E-state index contributed by atoms with van der Waals surface area (Å²) in [6.07, 6.45) is 2.42. The Morgan fingerprint density at radius 3 is 2.00 bits per heavy atom. The molecule has 51 heavy (non-hydrogen) atoms. The molecule has 0 aliphatic heterocycles. The number of hydrogen-bond acceptors (Lipinski definition) is 8. The number of aromatic nitrogens is 1. The minimum absolute atomic E-state index is 0.0322. The van der Waals surface area contributed by atoms with E-state index in [2.05, 4.69) is 41.3 Å². The Kier molecular flexibility index (Phi) is 13.7. The van der Waals surface area contributed by atoms with Crippen LogP contribution in [-0.2, 0) is 14.4 Å². The number of fused-ring (bicyclic) bond motifs is 1. The van der Waals surface area contributed by atoms with Gasteiger partial charge in [0, 0.05) is 41.5 Å². The number of pyridine rings is 1. The number of amides is 2. The lowest BCUT2D eigenvalue weighted by atomic mass is 10.0. The minimum Gasteiger partial charge on any atom is -0.490 e. The van der Waals surface area contributed by atoms with Crippen LogP contribution in [0.25, 0.3) is 10.9 Å². The highest BCUT2D eigenvalue weighted by Crippen LogP contribution is 2.47. The largest absolute Gasteiger partial charge is 0.490 e. The first kappa shape index (κ1) is 38.5. The topological polar surface area (TPSA) is 139 Å². The number of carbonyl (C=O) groups excluding carboxylic acids is 2. The van der Waals surface area contributed by atoms with Gasteiger partial charge in [0.05, 0.1) is 18.7 Å². The van der Waals surface area contributed by atoms with E-state index in [0.717, 1.165) is 6.07 Å². The molecule has 1 fully saturated rings. The van der Waals surface area contributed by atoms with Crippen molar-refractivity contribution in [3.63, 3.8) is 0 Å². The number of ether oxygens (including phenoxy) is 3. The number of carboxylic acid groups (broad SMARTS) is 1. The monoisotopic (exact) mass is 706 g/mol. The summed E-state index contributed by atoms with van der Waals surface area (Å²) in [7, 11) is 0. The Morgan fingerprint density at radius 2 is 1.43 bits per heavy atom. The van der Waals surface area contributed by atoms with E-state index in [1.807, 2.05) is 0 Å². The van der Waals surface area contributed by atoms with Crippen molar-refractivity contribution < 1.29 is 42.5 Å². The third-order valence-electron chi connectivity index (χ3n) is 8.33. The van der Waals surface area contributed by atoms with Crippen molar-refractivity contribution in [2.75, 3.05) is 43.5 Å². The zero-order chi connectivity index (χ0) is 37.0. The molecule has 2 amide bonds. The fraction of sp³-hybridized carbons (Fsp3) is 0.368. The van der Waals surface area contributed by atoms with E-state index in [4.69, 9.17) is 19.3 Å². The van der Waals surface area contributed by atoms with Gasteiger partial charge in [-0.15, -0.1) is 0 Å². The highest BCUT2D eigenvalue weighted by atomic mass is 19.1. The molecule has 0 atom stereocenters. The smallest absolute Gasteiger partial charge is 0.303 e. The van der Waals surface area contributed by atoms with E-state index >= 15 is 4.39 Å². The second kappa shape index (κ2) is 18.1. The molecule has 3 aromatic carbocycles. The van der Waals surface area contributed by atoms with Gasteiger partial charge in [-0.05, 0) is 94.4 Å². The number of nitrogens with one attached hydrogen (secondary N) is 2. The van der Waals surface area contributed by atoms with Crippen LogP contribution in [-0.4, -0.2) is 65.6 Å². The van der Waals surface area contributed by atoms with Gasteiger partial charge in [0.25, 0.3) is 0 Å². The van der Waals surface area contributed by atoms with E-state index in [9.17, 15) is 18.8 Å². The molecule has 5 rings (SSSR count). The second-order valence-corrected chi connectivity index (χ2v) is 11.8. The maximum Gasteiger partial charge on any atom is 0.303 e. The summed E-state index contributed by atoms with van der Waals surface area (Å²) < 4.78 is 45.7. The van der Waals surface area contributed by atoms with Gasteiger partial charge < -0.3 is 34.9 Å². The van der Waals surface area contributed by atoms with E-state index in [0.29, 0.717) is 59.7 Å². The first-order valence-electron chi connectivity index (χ1n) is 17.0. The minimum atomic E-state index is -1.30. The fourth-order valence-electron chi connectivity index (χ4n) is 5.17. The molecule has 3 N–H and O–H groups in total. The molecule has 0 bridgehead atoms. The van der Waals surface area contributed by atoms with E-state index in [1.54, 1.807) is 25.1 Å². The van der Waals surface area contributed by atoms with Crippen LogP contribution in [0.3, 0.4) is 0 Å². The van der Waals surface area contributed by atoms with Crippen LogP contribution in [0.5, 0.6) is 23.0 Å². The average molecular weight is 707 g/mol. The molecule has 0 radical (unpaired) electrons. The summed E-state index contributed by atoms with van der Waals surface area (Å²) in [6, 6.07) is 14.0.